The zero-order chi connectivity index (χ0) is 14.4. The van der Waals surface area contributed by atoms with Gasteiger partial charge in [-0.05, 0) is 34.5 Å². The lowest BCUT2D eigenvalue weighted by Crippen LogP contribution is -2.30. The number of carboxylic acid groups (broad SMARTS) is 1. The Morgan fingerprint density at radius 3 is 2.68 bits per heavy atom. The number of amides is 2. The first-order valence-electron chi connectivity index (χ1n) is 5.31. The number of carbonyl (C=O) groups is 2. The Balaban J connectivity index is 2.51. The molecule has 0 bridgehead atoms. The Morgan fingerprint density at radius 2 is 2.11 bits per heavy atom. The summed E-state index contributed by atoms with van der Waals surface area (Å²) in [6, 6.07) is 1.71. The highest BCUT2D eigenvalue weighted by Gasteiger charge is 2.11. The second-order valence-electron chi connectivity index (χ2n) is 3.62. The Labute approximate surface area is 122 Å². The van der Waals surface area contributed by atoms with E-state index in [9.17, 15) is 14.0 Å². The summed E-state index contributed by atoms with van der Waals surface area (Å²) in [5.74, 6) is -1.45. The van der Waals surface area contributed by atoms with Crippen LogP contribution in [0.4, 0.5) is 14.9 Å². The Hall–Kier alpha value is -1.34. The maximum absolute atomic E-state index is 13.0. The third-order valence-electron chi connectivity index (χ3n) is 2.10. The van der Waals surface area contributed by atoms with E-state index in [0.717, 1.165) is 6.07 Å². The van der Waals surface area contributed by atoms with Crippen molar-refractivity contribution in [1.29, 1.82) is 0 Å². The van der Waals surface area contributed by atoms with Crippen LogP contribution in [-0.4, -0.2) is 23.7 Å². The van der Waals surface area contributed by atoms with Crippen LogP contribution in [0.3, 0.4) is 0 Å². The van der Waals surface area contributed by atoms with Gasteiger partial charge in [0.05, 0.1) is 10.7 Å². The highest BCUT2D eigenvalue weighted by molar-refractivity contribution is 9.10. The van der Waals surface area contributed by atoms with Gasteiger partial charge < -0.3 is 15.7 Å². The van der Waals surface area contributed by atoms with Gasteiger partial charge in [-0.25, -0.2) is 9.18 Å². The van der Waals surface area contributed by atoms with Crippen LogP contribution < -0.4 is 10.6 Å². The largest absolute Gasteiger partial charge is 0.481 e. The maximum atomic E-state index is 13.0. The van der Waals surface area contributed by atoms with Gasteiger partial charge in [-0.1, -0.05) is 11.6 Å². The van der Waals surface area contributed by atoms with Crippen LogP contribution in [0.5, 0.6) is 0 Å². The number of nitrogens with one attached hydrogen (secondary N) is 2. The molecule has 0 aliphatic rings. The highest BCUT2D eigenvalue weighted by atomic mass is 79.9. The number of urea groups is 1. The molecule has 8 heteroatoms. The molecule has 0 aliphatic carbocycles. The summed E-state index contributed by atoms with van der Waals surface area (Å²) < 4.78 is 13.3. The first-order valence-corrected chi connectivity index (χ1v) is 6.48. The van der Waals surface area contributed by atoms with Crippen LogP contribution in [0.25, 0.3) is 0 Å². The molecule has 0 unspecified atom stereocenters. The number of rotatable bonds is 5. The lowest BCUT2D eigenvalue weighted by Gasteiger charge is -2.10. The predicted molar refractivity (Wildman–Crippen MR) is 73.0 cm³/mol. The predicted octanol–water partition coefficient (Wildman–Crippen LogP) is 3.23. The maximum Gasteiger partial charge on any atom is 0.319 e. The number of hydrogen-bond acceptors (Lipinski definition) is 2. The molecule has 5 nitrogen and oxygen atoms in total. The molecule has 104 valence electrons. The summed E-state index contributed by atoms with van der Waals surface area (Å²) >= 11 is 8.87. The first-order chi connectivity index (χ1) is 8.90. The van der Waals surface area contributed by atoms with E-state index in [1.54, 1.807) is 0 Å². The fourth-order valence-electron chi connectivity index (χ4n) is 1.26. The number of carboxylic acids is 1. The zero-order valence-electron chi connectivity index (χ0n) is 9.67. The van der Waals surface area contributed by atoms with Crippen LogP contribution in [0.2, 0.25) is 5.02 Å². The summed E-state index contributed by atoms with van der Waals surface area (Å²) in [6.07, 6.45) is 0.294. The van der Waals surface area contributed by atoms with Crippen LogP contribution in [0.1, 0.15) is 12.8 Å². The number of aliphatic carboxylic acids is 1. The van der Waals surface area contributed by atoms with Gasteiger partial charge >= 0.3 is 12.0 Å². The lowest BCUT2D eigenvalue weighted by molar-refractivity contribution is -0.137. The third kappa shape index (κ3) is 5.44. The Kier molecular flexibility index (Phi) is 6.04. The molecule has 1 rings (SSSR count). The van der Waals surface area contributed by atoms with Crippen molar-refractivity contribution in [2.24, 2.45) is 0 Å². The molecule has 0 fully saturated rings. The van der Waals surface area contributed by atoms with E-state index in [-0.39, 0.29) is 23.7 Å². The van der Waals surface area contributed by atoms with Gasteiger partial charge in [0, 0.05) is 17.4 Å². The topological polar surface area (TPSA) is 78.4 Å². The van der Waals surface area contributed by atoms with Crippen LogP contribution in [0, 0.1) is 5.82 Å². The van der Waals surface area contributed by atoms with E-state index in [0.29, 0.717) is 10.9 Å². The van der Waals surface area contributed by atoms with Crippen molar-refractivity contribution in [3.63, 3.8) is 0 Å². The first kappa shape index (κ1) is 15.7. The lowest BCUT2D eigenvalue weighted by atomic mass is 10.3. The van der Waals surface area contributed by atoms with Crippen molar-refractivity contribution < 1.29 is 19.1 Å². The van der Waals surface area contributed by atoms with E-state index < -0.39 is 17.8 Å². The average Bonchev–Trinajstić information content (AvgIpc) is 2.29. The molecule has 0 aromatic heterocycles. The van der Waals surface area contributed by atoms with Gasteiger partial charge in [0.25, 0.3) is 0 Å². The number of halogens is 3. The molecule has 3 N–H and O–H groups in total. The van der Waals surface area contributed by atoms with Crippen molar-refractivity contribution in [3.05, 3.63) is 27.4 Å². The van der Waals surface area contributed by atoms with E-state index in [1.165, 1.54) is 6.07 Å². The number of benzene rings is 1. The third-order valence-corrected chi connectivity index (χ3v) is 3.02. The molecule has 1 aromatic rings. The van der Waals surface area contributed by atoms with Crippen LogP contribution in [0.15, 0.2) is 16.6 Å². The quantitative estimate of drug-likeness (QED) is 0.711. The van der Waals surface area contributed by atoms with E-state index in [1.807, 2.05) is 0 Å². The normalized spacial score (nSPS) is 10.1. The average molecular weight is 354 g/mol. The number of carbonyl (C=O) groups excluding carboxylic acids is 1. The van der Waals surface area contributed by atoms with Crippen molar-refractivity contribution in [1.82, 2.24) is 5.32 Å². The van der Waals surface area contributed by atoms with Crippen molar-refractivity contribution >= 4 is 45.2 Å². The van der Waals surface area contributed by atoms with Gasteiger partial charge in [-0.2, -0.15) is 0 Å². The minimum absolute atomic E-state index is 0.0265. The summed E-state index contributed by atoms with van der Waals surface area (Å²) in [5, 5.41) is 13.4. The van der Waals surface area contributed by atoms with E-state index in [2.05, 4.69) is 26.6 Å². The summed E-state index contributed by atoms with van der Waals surface area (Å²) in [7, 11) is 0. The molecule has 0 saturated heterocycles. The summed E-state index contributed by atoms with van der Waals surface area (Å²) in [4.78, 5) is 21.8. The van der Waals surface area contributed by atoms with Crippen molar-refractivity contribution in [3.8, 4) is 0 Å². The fourth-order valence-corrected chi connectivity index (χ4v) is 2.16. The molecule has 0 spiro atoms. The Morgan fingerprint density at radius 1 is 1.42 bits per heavy atom. The highest BCUT2D eigenvalue weighted by Crippen LogP contribution is 2.31. The molecule has 0 radical (unpaired) electrons. The summed E-state index contributed by atoms with van der Waals surface area (Å²) in [6.45, 7) is 0.217. The molecular weight excluding hydrogens is 342 g/mol. The molecule has 2 amide bonds. The molecule has 0 heterocycles. The SMILES string of the molecule is O=C(O)CCCNC(=O)Nc1c(Cl)cc(F)cc1Br. The van der Waals surface area contributed by atoms with Crippen LogP contribution >= 0.6 is 27.5 Å². The number of hydrogen-bond donors (Lipinski definition) is 3. The standard InChI is InChI=1S/C11H11BrClFN2O3/c12-7-4-6(14)5-8(13)10(7)16-11(19)15-3-1-2-9(17)18/h4-5H,1-3H2,(H,17,18)(H2,15,16,19). The van der Waals surface area contributed by atoms with Gasteiger partial charge in [0.2, 0.25) is 0 Å². The van der Waals surface area contributed by atoms with Crippen molar-refractivity contribution in [2.75, 3.05) is 11.9 Å². The molecule has 0 aliphatic heterocycles. The molecule has 0 atom stereocenters. The van der Waals surface area contributed by atoms with Crippen molar-refractivity contribution in [2.45, 2.75) is 12.8 Å². The van der Waals surface area contributed by atoms with E-state index >= 15 is 0 Å². The second-order valence-corrected chi connectivity index (χ2v) is 4.88. The van der Waals surface area contributed by atoms with E-state index in [4.69, 9.17) is 16.7 Å². The minimum Gasteiger partial charge on any atom is -0.481 e. The number of anilines is 1. The zero-order valence-corrected chi connectivity index (χ0v) is 12.0. The summed E-state index contributed by atoms with van der Waals surface area (Å²) in [5.41, 5.74) is 0.249. The molecule has 0 saturated carbocycles. The smallest absolute Gasteiger partial charge is 0.319 e. The van der Waals surface area contributed by atoms with Gasteiger partial charge in [0.15, 0.2) is 0 Å². The van der Waals surface area contributed by atoms with Gasteiger partial charge in [0.1, 0.15) is 5.82 Å². The van der Waals surface area contributed by atoms with Gasteiger partial charge in [-0.15, -0.1) is 0 Å². The molecule has 19 heavy (non-hydrogen) atoms. The van der Waals surface area contributed by atoms with Gasteiger partial charge in [-0.3, -0.25) is 4.79 Å². The molecule has 1 aromatic carbocycles. The second kappa shape index (κ2) is 7.30. The Bertz CT molecular complexity index is 476. The fraction of sp³-hybridized carbons (Fsp3) is 0.273. The minimum atomic E-state index is -0.925. The van der Waals surface area contributed by atoms with Crippen LogP contribution in [-0.2, 0) is 4.79 Å². The monoisotopic (exact) mass is 352 g/mol. The molecular formula is C11H11BrClFN2O3.